The summed E-state index contributed by atoms with van der Waals surface area (Å²) < 4.78 is 13.5. The maximum atomic E-state index is 11.3. The Morgan fingerprint density at radius 1 is 1.37 bits per heavy atom. The third-order valence-electron chi connectivity index (χ3n) is 7.52. The molecule has 3 saturated heterocycles. The number of aromatic nitrogens is 4. The van der Waals surface area contributed by atoms with Crippen molar-refractivity contribution in [3.8, 4) is 5.75 Å². The lowest BCUT2D eigenvalue weighted by molar-refractivity contribution is -0.140. The SMILES string of the molecule is C=C[C@H]1CN2CC[C@H]1C[C@@H]2[C@H](OCc1cn([C@@H](C)C(=O)O)nn1)c1ccnc2ccc(OC)cc12. The molecule has 3 aromatic rings. The Kier molecular flexibility index (Phi) is 6.53. The van der Waals surface area contributed by atoms with Crippen molar-refractivity contribution in [2.75, 3.05) is 20.2 Å². The number of aliphatic carboxylic acids is 1. The topological polar surface area (TPSA) is 103 Å². The number of fused-ring (bicyclic) bond motifs is 4. The largest absolute Gasteiger partial charge is 0.497 e. The summed E-state index contributed by atoms with van der Waals surface area (Å²) in [5.74, 6) is 0.911. The van der Waals surface area contributed by atoms with Gasteiger partial charge in [-0.25, -0.2) is 9.48 Å². The summed E-state index contributed by atoms with van der Waals surface area (Å²) >= 11 is 0. The molecule has 9 nitrogen and oxygen atoms in total. The van der Waals surface area contributed by atoms with Crippen LogP contribution in [0, 0.1) is 11.8 Å². The van der Waals surface area contributed by atoms with Crippen LogP contribution in [0.3, 0.4) is 0 Å². The van der Waals surface area contributed by atoms with Crippen molar-refractivity contribution in [3.63, 3.8) is 0 Å². The second-order valence-electron chi connectivity index (χ2n) is 9.47. The number of rotatable bonds is 9. The molecule has 2 bridgehead atoms. The molecule has 1 unspecified atom stereocenters. The van der Waals surface area contributed by atoms with E-state index in [1.54, 1.807) is 20.2 Å². The highest BCUT2D eigenvalue weighted by molar-refractivity contribution is 5.84. The molecule has 5 heterocycles. The number of pyridine rings is 1. The van der Waals surface area contributed by atoms with Crippen LogP contribution in [0.2, 0.25) is 0 Å². The van der Waals surface area contributed by atoms with E-state index in [2.05, 4.69) is 32.9 Å². The van der Waals surface area contributed by atoms with Crippen LogP contribution in [-0.2, 0) is 16.1 Å². The van der Waals surface area contributed by atoms with E-state index in [0.717, 1.165) is 41.7 Å². The van der Waals surface area contributed by atoms with Crippen molar-refractivity contribution in [2.45, 2.75) is 44.6 Å². The lowest BCUT2D eigenvalue weighted by Gasteiger charge is -2.51. The predicted octanol–water partition coefficient (Wildman–Crippen LogP) is 3.63. The second-order valence-corrected chi connectivity index (χ2v) is 9.47. The normalized spacial score (nSPS) is 25.3. The number of methoxy groups -OCH3 is 1. The maximum Gasteiger partial charge on any atom is 0.328 e. The van der Waals surface area contributed by atoms with Crippen molar-refractivity contribution in [3.05, 3.63) is 60.6 Å². The van der Waals surface area contributed by atoms with Crippen LogP contribution < -0.4 is 4.74 Å². The van der Waals surface area contributed by atoms with E-state index in [-0.39, 0.29) is 18.8 Å². The zero-order valence-electron chi connectivity index (χ0n) is 20.1. The van der Waals surface area contributed by atoms with Gasteiger partial charge in [0.15, 0.2) is 0 Å². The van der Waals surface area contributed by atoms with E-state index < -0.39 is 12.0 Å². The van der Waals surface area contributed by atoms with E-state index in [4.69, 9.17) is 9.47 Å². The van der Waals surface area contributed by atoms with Crippen molar-refractivity contribution in [1.82, 2.24) is 24.9 Å². The lowest BCUT2D eigenvalue weighted by Crippen LogP contribution is -2.55. The summed E-state index contributed by atoms with van der Waals surface area (Å²) in [5.41, 5.74) is 2.55. The number of hydrogen-bond donors (Lipinski definition) is 1. The maximum absolute atomic E-state index is 11.3. The Labute approximate surface area is 204 Å². The van der Waals surface area contributed by atoms with Crippen LogP contribution in [0.25, 0.3) is 10.9 Å². The first-order valence-corrected chi connectivity index (χ1v) is 12.0. The third-order valence-corrected chi connectivity index (χ3v) is 7.52. The van der Waals surface area contributed by atoms with Gasteiger partial charge in [-0.15, -0.1) is 11.7 Å². The number of benzene rings is 1. The summed E-state index contributed by atoms with van der Waals surface area (Å²) in [4.78, 5) is 18.4. The molecule has 0 amide bonds. The third kappa shape index (κ3) is 4.53. The molecule has 2 aromatic heterocycles. The monoisotopic (exact) mass is 477 g/mol. The number of piperidine rings is 3. The number of carboxylic acid groups (broad SMARTS) is 1. The van der Waals surface area contributed by atoms with E-state index >= 15 is 0 Å². The standard InChI is InChI=1S/C26H31N5O4/c1-4-17-13-30-10-8-18(17)11-24(30)25(35-15-19-14-31(29-28-19)16(2)26(32)33)21-7-9-27-23-6-5-20(34-3)12-22(21)23/h4-7,9,12,14,16-18,24-25H,1,8,10-11,13,15H2,2-3H3,(H,32,33)/t16-,17-,18-,24+,25+/m0/s1. The Bertz CT molecular complexity index is 1230. The number of carbonyl (C=O) groups is 1. The van der Waals surface area contributed by atoms with Gasteiger partial charge in [0.2, 0.25) is 0 Å². The van der Waals surface area contributed by atoms with E-state index in [0.29, 0.717) is 17.5 Å². The molecule has 35 heavy (non-hydrogen) atoms. The predicted molar refractivity (Wildman–Crippen MR) is 130 cm³/mol. The van der Waals surface area contributed by atoms with Gasteiger partial charge in [0, 0.05) is 24.2 Å². The summed E-state index contributed by atoms with van der Waals surface area (Å²) in [6.45, 7) is 7.88. The Morgan fingerprint density at radius 3 is 2.94 bits per heavy atom. The van der Waals surface area contributed by atoms with Gasteiger partial charge in [-0.2, -0.15) is 0 Å². The van der Waals surface area contributed by atoms with Crippen molar-refractivity contribution < 1.29 is 19.4 Å². The van der Waals surface area contributed by atoms with Crippen LogP contribution >= 0.6 is 0 Å². The highest BCUT2D eigenvalue weighted by Crippen LogP contribution is 2.43. The van der Waals surface area contributed by atoms with Crippen LogP contribution in [0.4, 0.5) is 0 Å². The van der Waals surface area contributed by atoms with Gasteiger partial charge in [0.05, 0.1) is 31.5 Å². The average molecular weight is 478 g/mol. The molecule has 0 radical (unpaired) electrons. The zero-order valence-corrected chi connectivity index (χ0v) is 20.1. The molecule has 6 atom stereocenters. The zero-order chi connectivity index (χ0) is 24.5. The second kappa shape index (κ2) is 9.75. The van der Waals surface area contributed by atoms with Gasteiger partial charge in [-0.05, 0) is 68.0 Å². The van der Waals surface area contributed by atoms with Gasteiger partial charge in [-0.1, -0.05) is 11.3 Å². The fourth-order valence-corrected chi connectivity index (χ4v) is 5.48. The van der Waals surface area contributed by atoms with Crippen molar-refractivity contribution in [2.24, 2.45) is 11.8 Å². The highest BCUT2D eigenvalue weighted by Gasteiger charge is 2.43. The van der Waals surface area contributed by atoms with Crippen molar-refractivity contribution in [1.29, 1.82) is 0 Å². The molecule has 6 rings (SSSR count). The molecule has 0 saturated carbocycles. The summed E-state index contributed by atoms with van der Waals surface area (Å²) in [5, 5.41) is 18.4. The minimum atomic E-state index is -0.958. The van der Waals surface area contributed by atoms with Crippen LogP contribution in [-0.4, -0.2) is 62.2 Å². The molecule has 3 aliphatic rings. The molecule has 3 aliphatic heterocycles. The van der Waals surface area contributed by atoms with E-state index in [1.807, 2.05) is 30.5 Å². The lowest BCUT2D eigenvalue weighted by atomic mass is 9.73. The van der Waals surface area contributed by atoms with E-state index in [1.165, 1.54) is 11.1 Å². The number of carboxylic acids is 1. The van der Waals surface area contributed by atoms with Crippen LogP contribution in [0.15, 0.2) is 49.3 Å². The summed E-state index contributed by atoms with van der Waals surface area (Å²) in [6.07, 6.45) is 7.55. The average Bonchev–Trinajstić information content (AvgIpc) is 3.37. The molecule has 0 aliphatic carbocycles. The van der Waals surface area contributed by atoms with Gasteiger partial charge >= 0.3 is 5.97 Å². The van der Waals surface area contributed by atoms with Gasteiger partial charge in [0.1, 0.15) is 17.5 Å². The fraction of sp³-hybridized carbons (Fsp3) is 0.462. The summed E-state index contributed by atoms with van der Waals surface area (Å²) in [7, 11) is 1.66. The minimum Gasteiger partial charge on any atom is -0.497 e. The van der Waals surface area contributed by atoms with Gasteiger partial charge < -0.3 is 14.6 Å². The Balaban J connectivity index is 1.48. The molecule has 9 heteroatoms. The molecule has 3 fully saturated rings. The van der Waals surface area contributed by atoms with Crippen LogP contribution in [0.5, 0.6) is 5.75 Å². The molecule has 0 spiro atoms. The number of ether oxygens (including phenoxy) is 2. The first kappa shape index (κ1) is 23.4. The highest BCUT2D eigenvalue weighted by atomic mass is 16.5. The number of hydrogen-bond acceptors (Lipinski definition) is 7. The van der Waals surface area contributed by atoms with Gasteiger partial charge in [0.25, 0.3) is 0 Å². The quantitative estimate of drug-likeness (QED) is 0.466. The summed E-state index contributed by atoms with van der Waals surface area (Å²) in [6, 6.07) is 7.34. The first-order chi connectivity index (χ1) is 17.0. The Hall–Kier alpha value is -3.30. The van der Waals surface area contributed by atoms with Crippen molar-refractivity contribution >= 4 is 16.9 Å². The molecule has 184 valence electrons. The first-order valence-electron chi connectivity index (χ1n) is 12.0. The molecular weight excluding hydrogens is 446 g/mol. The molecule has 1 N–H and O–H groups in total. The fourth-order valence-electron chi connectivity index (χ4n) is 5.48. The molecular formula is C26H31N5O4. The Morgan fingerprint density at radius 2 is 2.23 bits per heavy atom. The van der Waals surface area contributed by atoms with Gasteiger partial charge in [-0.3, -0.25) is 9.88 Å². The minimum absolute atomic E-state index is 0.203. The van der Waals surface area contributed by atoms with E-state index in [9.17, 15) is 9.90 Å². The molecule has 1 aromatic carbocycles. The smallest absolute Gasteiger partial charge is 0.328 e. The van der Waals surface area contributed by atoms with Crippen LogP contribution in [0.1, 0.15) is 43.2 Å². The number of nitrogens with zero attached hydrogens (tertiary/aromatic N) is 5.